The van der Waals surface area contributed by atoms with Crippen LogP contribution < -0.4 is 10.1 Å². The molecule has 118 valence electrons. The zero-order valence-corrected chi connectivity index (χ0v) is 12.9. The average molecular weight is 333 g/mol. The molecule has 0 saturated heterocycles. The van der Waals surface area contributed by atoms with Crippen LogP contribution in [0, 0.1) is 17.1 Å². The molecule has 0 spiro atoms. The fourth-order valence-electron chi connectivity index (χ4n) is 1.88. The number of ether oxygens (including phenoxy) is 1. The molecular formula is C17H14ClFN2O2. The Balaban J connectivity index is 1.75. The number of nitriles is 1. The number of carbonyl (C=O) groups is 1. The highest BCUT2D eigenvalue weighted by molar-refractivity contribution is 6.32. The molecule has 0 aromatic heterocycles. The first-order valence-electron chi connectivity index (χ1n) is 6.92. The van der Waals surface area contributed by atoms with E-state index >= 15 is 0 Å². The molecule has 0 aliphatic rings. The highest BCUT2D eigenvalue weighted by Crippen LogP contribution is 2.24. The van der Waals surface area contributed by atoms with E-state index in [9.17, 15) is 9.18 Å². The van der Waals surface area contributed by atoms with Crippen molar-refractivity contribution in [3.8, 4) is 11.8 Å². The highest BCUT2D eigenvalue weighted by Gasteiger charge is 2.06. The van der Waals surface area contributed by atoms with Crippen LogP contribution in [0.25, 0.3) is 0 Å². The van der Waals surface area contributed by atoms with Gasteiger partial charge in [-0.05, 0) is 42.3 Å². The maximum Gasteiger partial charge on any atom is 0.257 e. The number of rotatable bonds is 6. The molecule has 0 atom stereocenters. The van der Waals surface area contributed by atoms with Crippen LogP contribution in [-0.4, -0.2) is 19.1 Å². The molecule has 0 unspecified atom stereocenters. The third-order valence-corrected chi connectivity index (χ3v) is 3.36. The summed E-state index contributed by atoms with van der Waals surface area (Å²) < 4.78 is 18.1. The van der Waals surface area contributed by atoms with Gasteiger partial charge < -0.3 is 10.1 Å². The second-order valence-corrected chi connectivity index (χ2v) is 5.18. The number of nitrogens with zero attached hydrogens (tertiary/aromatic N) is 1. The second kappa shape index (κ2) is 8.16. The quantitative estimate of drug-likeness (QED) is 0.884. The maximum absolute atomic E-state index is 12.8. The van der Waals surface area contributed by atoms with Gasteiger partial charge in [0.05, 0.1) is 16.7 Å². The normalized spacial score (nSPS) is 9.96. The van der Waals surface area contributed by atoms with E-state index in [1.54, 1.807) is 24.3 Å². The molecule has 0 aliphatic carbocycles. The van der Waals surface area contributed by atoms with Crippen LogP contribution in [-0.2, 0) is 11.2 Å². The van der Waals surface area contributed by atoms with Gasteiger partial charge in [0.2, 0.25) is 0 Å². The molecule has 0 radical (unpaired) electrons. The zero-order valence-electron chi connectivity index (χ0n) is 12.2. The van der Waals surface area contributed by atoms with Gasteiger partial charge in [0, 0.05) is 6.54 Å². The largest absolute Gasteiger partial charge is 0.482 e. The lowest BCUT2D eigenvalue weighted by Crippen LogP contribution is -2.30. The van der Waals surface area contributed by atoms with Crippen molar-refractivity contribution in [1.82, 2.24) is 5.32 Å². The summed E-state index contributed by atoms with van der Waals surface area (Å²) >= 11 is 5.95. The van der Waals surface area contributed by atoms with Crippen LogP contribution in [0.2, 0.25) is 5.02 Å². The first kappa shape index (κ1) is 16.8. The number of benzene rings is 2. The number of amides is 1. The fourth-order valence-corrected chi connectivity index (χ4v) is 2.11. The predicted molar refractivity (Wildman–Crippen MR) is 84.8 cm³/mol. The van der Waals surface area contributed by atoms with Crippen molar-refractivity contribution >= 4 is 17.5 Å². The number of carbonyl (C=O) groups excluding carboxylic acids is 1. The van der Waals surface area contributed by atoms with E-state index in [2.05, 4.69) is 5.32 Å². The molecule has 0 aliphatic heterocycles. The highest BCUT2D eigenvalue weighted by atomic mass is 35.5. The summed E-state index contributed by atoms with van der Waals surface area (Å²) in [5.74, 6) is -0.225. The van der Waals surface area contributed by atoms with Crippen molar-refractivity contribution in [2.75, 3.05) is 13.2 Å². The lowest BCUT2D eigenvalue weighted by molar-refractivity contribution is -0.123. The smallest absolute Gasteiger partial charge is 0.257 e. The lowest BCUT2D eigenvalue weighted by atomic mass is 10.1. The van der Waals surface area contributed by atoms with E-state index in [0.717, 1.165) is 5.56 Å². The van der Waals surface area contributed by atoms with Gasteiger partial charge in [0.15, 0.2) is 6.61 Å². The van der Waals surface area contributed by atoms with Gasteiger partial charge in [-0.3, -0.25) is 4.79 Å². The summed E-state index contributed by atoms with van der Waals surface area (Å²) in [7, 11) is 0. The Kier molecular flexibility index (Phi) is 5.95. The molecule has 0 heterocycles. The number of nitrogens with one attached hydrogen (secondary N) is 1. The summed E-state index contributed by atoms with van der Waals surface area (Å²) in [6.07, 6.45) is 0.601. The van der Waals surface area contributed by atoms with Crippen LogP contribution >= 0.6 is 11.6 Å². The third-order valence-electron chi connectivity index (χ3n) is 3.07. The van der Waals surface area contributed by atoms with Crippen molar-refractivity contribution in [2.45, 2.75) is 6.42 Å². The predicted octanol–water partition coefficient (Wildman–Crippen LogP) is 3.09. The first-order chi connectivity index (χ1) is 11.1. The third kappa shape index (κ3) is 5.28. The van der Waals surface area contributed by atoms with Gasteiger partial charge in [0.1, 0.15) is 11.6 Å². The molecule has 1 amide bonds. The second-order valence-electron chi connectivity index (χ2n) is 4.77. The van der Waals surface area contributed by atoms with Crippen molar-refractivity contribution in [1.29, 1.82) is 5.26 Å². The fraction of sp³-hybridized carbons (Fsp3) is 0.176. The number of hydrogen-bond acceptors (Lipinski definition) is 3. The Hall–Kier alpha value is -2.58. The van der Waals surface area contributed by atoms with E-state index < -0.39 is 0 Å². The van der Waals surface area contributed by atoms with E-state index in [1.165, 1.54) is 18.2 Å². The van der Waals surface area contributed by atoms with Crippen molar-refractivity contribution < 1.29 is 13.9 Å². The molecule has 0 fully saturated rings. The van der Waals surface area contributed by atoms with Crippen LogP contribution in [0.15, 0.2) is 42.5 Å². The summed E-state index contributed by atoms with van der Waals surface area (Å²) in [5.41, 5.74) is 1.36. The van der Waals surface area contributed by atoms with Gasteiger partial charge in [-0.2, -0.15) is 5.26 Å². The van der Waals surface area contributed by atoms with Crippen LogP contribution in [0.1, 0.15) is 11.1 Å². The Labute approximate surface area is 138 Å². The van der Waals surface area contributed by atoms with Gasteiger partial charge in [-0.25, -0.2) is 4.39 Å². The Morgan fingerprint density at radius 2 is 2.00 bits per heavy atom. The van der Waals surface area contributed by atoms with Crippen LogP contribution in [0.4, 0.5) is 4.39 Å². The molecule has 2 aromatic rings. The molecule has 0 bridgehead atoms. The SMILES string of the molecule is N#Cc1ccc(OCC(=O)NCCc2ccc(F)cc2)c(Cl)c1. The van der Waals surface area contributed by atoms with Gasteiger partial charge >= 0.3 is 0 Å². The standard InChI is InChI=1S/C17H14ClFN2O2/c18-15-9-13(10-20)3-6-16(15)23-11-17(22)21-8-7-12-1-4-14(19)5-2-12/h1-6,9H,7-8,11H2,(H,21,22). The summed E-state index contributed by atoms with van der Waals surface area (Å²) in [4.78, 5) is 11.7. The summed E-state index contributed by atoms with van der Waals surface area (Å²) in [5, 5.41) is 11.7. The van der Waals surface area contributed by atoms with Crippen molar-refractivity contribution in [2.24, 2.45) is 0 Å². The van der Waals surface area contributed by atoms with Crippen molar-refractivity contribution in [3.05, 3.63) is 64.4 Å². The minimum Gasteiger partial charge on any atom is -0.482 e. The number of halogens is 2. The number of hydrogen-bond donors (Lipinski definition) is 1. The Morgan fingerprint density at radius 3 is 2.65 bits per heavy atom. The molecule has 2 rings (SSSR count). The van der Waals surface area contributed by atoms with E-state index in [1.807, 2.05) is 6.07 Å². The Bertz CT molecular complexity index is 726. The summed E-state index contributed by atoms with van der Waals surface area (Å²) in [6, 6.07) is 12.7. The van der Waals surface area contributed by atoms with E-state index in [4.69, 9.17) is 21.6 Å². The monoisotopic (exact) mass is 332 g/mol. The van der Waals surface area contributed by atoms with Crippen LogP contribution in [0.3, 0.4) is 0 Å². The Morgan fingerprint density at radius 1 is 1.26 bits per heavy atom. The average Bonchev–Trinajstić information content (AvgIpc) is 2.55. The first-order valence-corrected chi connectivity index (χ1v) is 7.30. The summed E-state index contributed by atoms with van der Waals surface area (Å²) in [6.45, 7) is 0.254. The molecule has 0 saturated carbocycles. The van der Waals surface area contributed by atoms with E-state index in [-0.39, 0.29) is 23.4 Å². The van der Waals surface area contributed by atoms with Crippen molar-refractivity contribution in [3.63, 3.8) is 0 Å². The van der Waals surface area contributed by atoms with Crippen LogP contribution in [0.5, 0.6) is 5.75 Å². The van der Waals surface area contributed by atoms with Gasteiger partial charge in [0.25, 0.3) is 5.91 Å². The molecule has 6 heteroatoms. The van der Waals surface area contributed by atoms with Gasteiger partial charge in [-0.1, -0.05) is 23.7 Å². The van der Waals surface area contributed by atoms with E-state index in [0.29, 0.717) is 24.3 Å². The van der Waals surface area contributed by atoms with Gasteiger partial charge in [-0.15, -0.1) is 0 Å². The molecule has 2 aromatic carbocycles. The molecule has 1 N–H and O–H groups in total. The minimum atomic E-state index is -0.287. The zero-order chi connectivity index (χ0) is 16.7. The minimum absolute atomic E-state index is 0.172. The topological polar surface area (TPSA) is 62.1 Å². The lowest BCUT2D eigenvalue weighted by Gasteiger charge is -2.09. The molecule has 23 heavy (non-hydrogen) atoms. The molecular weight excluding hydrogens is 319 g/mol. The maximum atomic E-state index is 12.8. The molecule has 4 nitrogen and oxygen atoms in total.